The maximum absolute atomic E-state index is 5.54. The predicted octanol–water partition coefficient (Wildman–Crippen LogP) is 2.43. The minimum Gasteiger partial charge on any atom is -0.496 e. The molecule has 0 aliphatic heterocycles. The van der Waals surface area contributed by atoms with Crippen molar-refractivity contribution in [1.29, 1.82) is 0 Å². The molecule has 2 N–H and O–H groups in total. The number of hydrogen-bond donors (Lipinski definition) is 1. The summed E-state index contributed by atoms with van der Waals surface area (Å²) in [5.74, 6) is 2.00. The number of benzene rings is 1. The Bertz CT molecular complexity index is 532. The van der Waals surface area contributed by atoms with E-state index in [1.807, 2.05) is 19.1 Å². The molecule has 1 aromatic carbocycles. The summed E-state index contributed by atoms with van der Waals surface area (Å²) in [4.78, 5) is 4.09. The second-order valence-electron chi connectivity index (χ2n) is 3.96. The van der Waals surface area contributed by atoms with Crippen LogP contribution >= 0.6 is 0 Å². The summed E-state index contributed by atoms with van der Waals surface area (Å²) < 4.78 is 10.9. The van der Waals surface area contributed by atoms with E-state index in [1.165, 1.54) is 11.1 Å². The third kappa shape index (κ3) is 2.17. The lowest BCUT2D eigenvalue weighted by atomic mass is 10.0. The minimum absolute atomic E-state index is 0.299. The van der Waals surface area contributed by atoms with Crippen molar-refractivity contribution in [3.63, 3.8) is 0 Å². The smallest absolute Gasteiger partial charge is 0.208 e. The monoisotopic (exact) mass is 232 g/mol. The van der Waals surface area contributed by atoms with E-state index in [4.69, 9.17) is 14.9 Å². The van der Waals surface area contributed by atoms with Crippen molar-refractivity contribution in [1.82, 2.24) is 4.98 Å². The Balaban J connectivity index is 2.53. The molecule has 0 saturated carbocycles. The highest BCUT2D eigenvalue weighted by atomic mass is 16.5. The third-order valence-corrected chi connectivity index (χ3v) is 2.81. The van der Waals surface area contributed by atoms with Crippen LogP contribution in [0.15, 0.2) is 22.7 Å². The van der Waals surface area contributed by atoms with Gasteiger partial charge in [0.1, 0.15) is 5.75 Å². The van der Waals surface area contributed by atoms with Gasteiger partial charge in [0, 0.05) is 0 Å². The van der Waals surface area contributed by atoms with Gasteiger partial charge in [-0.25, -0.2) is 4.98 Å². The summed E-state index contributed by atoms with van der Waals surface area (Å²) in [7, 11) is 1.65. The fourth-order valence-corrected chi connectivity index (χ4v) is 1.68. The number of methoxy groups -OCH3 is 1. The van der Waals surface area contributed by atoms with Crippen LogP contribution in [-0.4, -0.2) is 12.1 Å². The Kier molecular flexibility index (Phi) is 3.15. The Morgan fingerprint density at radius 1 is 1.29 bits per heavy atom. The number of aromatic nitrogens is 1. The first-order chi connectivity index (χ1) is 8.15. The molecule has 0 amide bonds. The van der Waals surface area contributed by atoms with Crippen LogP contribution in [0, 0.1) is 13.8 Å². The first kappa shape index (κ1) is 11.7. The van der Waals surface area contributed by atoms with Gasteiger partial charge in [-0.3, -0.25) is 0 Å². The number of hydrogen-bond acceptors (Lipinski definition) is 4. The van der Waals surface area contributed by atoms with E-state index in [-0.39, 0.29) is 0 Å². The van der Waals surface area contributed by atoms with Gasteiger partial charge in [0.15, 0.2) is 5.76 Å². The molecule has 1 aromatic heterocycles. The van der Waals surface area contributed by atoms with E-state index >= 15 is 0 Å². The number of oxazole rings is 1. The molecule has 2 aromatic rings. The molecule has 0 spiro atoms. The van der Waals surface area contributed by atoms with Crippen molar-refractivity contribution in [3.8, 4) is 17.1 Å². The molecule has 0 fully saturated rings. The average molecular weight is 232 g/mol. The van der Waals surface area contributed by atoms with Gasteiger partial charge in [-0.1, -0.05) is 0 Å². The minimum atomic E-state index is 0.299. The van der Waals surface area contributed by atoms with Crippen molar-refractivity contribution < 1.29 is 9.15 Å². The summed E-state index contributed by atoms with van der Waals surface area (Å²) in [6.07, 6.45) is 1.68. The maximum atomic E-state index is 5.54. The van der Waals surface area contributed by atoms with Crippen LogP contribution in [0.3, 0.4) is 0 Å². The molecule has 2 rings (SSSR count). The van der Waals surface area contributed by atoms with Gasteiger partial charge in [-0.15, -0.1) is 0 Å². The van der Waals surface area contributed by atoms with Crippen molar-refractivity contribution in [2.75, 3.05) is 7.11 Å². The van der Waals surface area contributed by atoms with Gasteiger partial charge in [0.05, 0.1) is 25.4 Å². The van der Waals surface area contributed by atoms with Crippen LogP contribution in [0.2, 0.25) is 0 Å². The molecule has 0 aliphatic rings. The zero-order valence-electron chi connectivity index (χ0n) is 10.3. The van der Waals surface area contributed by atoms with Crippen molar-refractivity contribution in [3.05, 3.63) is 35.3 Å². The van der Waals surface area contributed by atoms with E-state index in [1.54, 1.807) is 13.3 Å². The van der Waals surface area contributed by atoms with Gasteiger partial charge in [0.25, 0.3) is 0 Å². The van der Waals surface area contributed by atoms with Crippen LogP contribution in [0.4, 0.5) is 0 Å². The zero-order valence-corrected chi connectivity index (χ0v) is 10.3. The summed E-state index contributed by atoms with van der Waals surface area (Å²) in [6, 6.07) is 4.03. The second kappa shape index (κ2) is 4.59. The van der Waals surface area contributed by atoms with Crippen LogP contribution in [0.5, 0.6) is 5.75 Å². The van der Waals surface area contributed by atoms with Gasteiger partial charge < -0.3 is 14.9 Å². The fourth-order valence-electron chi connectivity index (χ4n) is 1.68. The van der Waals surface area contributed by atoms with E-state index in [2.05, 4.69) is 11.9 Å². The van der Waals surface area contributed by atoms with Crippen LogP contribution < -0.4 is 10.5 Å². The predicted molar refractivity (Wildman–Crippen MR) is 65.9 cm³/mol. The number of nitrogens with two attached hydrogens (primary N) is 1. The van der Waals surface area contributed by atoms with E-state index in [0.29, 0.717) is 18.2 Å². The number of rotatable bonds is 3. The highest BCUT2D eigenvalue weighted by Gasteiger charge is 2.12. The highest BCUT2D eigenvalue weighted by Crippen LogP contribution is 2.32. The Morgan fingerprint density at radius 3 is 2.59 bits per heavy atom. The molecule has 0 bridgehead atoms. The summed E-state index contributed by atoms with van der Waals surface area (Å²) in [6.45, 7) is 4.40. The quantitative estimate of drug-likeness (QED) is 0.882. The van der Waals surface area contributed by atoms with Crippen molar-refractivity contribution in [2.24, 2.45) is 5.73 Å². The Labute approximate surface area is 100 Å². The molecule has 0 radical (unpaired) electrons. The van der Waals surface area contributed by atoms with E-state index < -0.39 is 0 Å². The van der Waals surface area contributed by atoms with Crippen LogP contribution in [0.1, 0.15) is 17.0 Å². The summed E-state index contributed by atoms with van der Waals surface area (Å²) >= 11 is 0. The van der Waals surface area contributed by atoms with E-state index in [0.717, 1.165) is 11.3 Å². The number of nitrogens with zero attached hydrogens (tertiary/aromatic N) is 1. The standard InChI is InChI=1S/C13H16N2O2/c1-8-4-10(11(16-3)5-9(8)2)12-7-15-13(6-14)17-12/h4-5,7H,6,14H2,1-3H3. The normalized spacial score (nSPS) is 10.6. The molecule has 0 unspecified atom stereocenters. The lowest BCUT2D eigenvalue weighted by Crippen LogP contribution is -1.95. The number of ether oxygens (including phenoxy) is 1. The molecule has 4 heteroatoms. The summed E-state index contributed by atoms with van der Waals surface area (Å²) in [5.41, 5.74) is 8.75. The lowest BCUT2D eigenvalue weighted by Gasteiger charge is -2.09. The highest BCUT2D eigenvalue weighted by molar-refractivity contribution is 5.67. The lowest BCUT2D eigenvalue weighted by molar-refractivity contribution is 0.413. The average Bonchev–Trinajstić information content (AvgIpc) is 2.80. The molecule has 4 nitrogen and oxygen atoms in total. The first-order valence-corrected chi connectivity index (χ1v) is 5.46. The first-order valence-electron chi connectivity index (χ1n) is 5.46. The van der Waals surface area contributed by atoms with Gasteiger partial charge in [-0.05, 0) is 37.1 Å². The maximum Gasteiger partial charge on any atom is 0.208 e. The fraction of sp³-hybridized carbons (Fsp3) is 0.308. The molecule has 0 atom stereocenters. The largest absolute Gasteiger partial charge is 0.496 e. The van der Waals surface area contributed by atoms with Gasteiger partial charge >= 0.3 is 0 Å². The molecule has 0 saturated heterocycles. The van der Waals surface area contributed by atoms with Gasteiger partial charge in [-0.2, -0.15) is 0 Å². The molecule has 90 valence electrons. The number of aryl methyl sites for hydroxylation is 2. The third-order valence-electron chi connectivity index (χ3n) is 2.81. The molecule has 0 aliphatic carbocycles. The zero-order chi connectivity index (χ0) is 12.4. The Morgan fingerprint density at radius 2 is 2.00 bits per heavy atom. The topological polar surface area (TPSA) is 61.3 Å². The molecular formula is C13H16N2O2. The SMILES string of the molecule is COc1cc(C)c(C)cc1-c1cnc(CN)o1. The van der Waals surface area contributed by atoms with E-state index in [9.17, 15) is 0 Å². The molecular weight excluding hydrogens is 216 g/mol. The molecule has 17 heavy (non-hydrogen) atoms. The van der Waals surface area contributed by atoms with Crippen molar-refractivity contribution >= 4 is 0 Å². The second-order valence-corrected chi connectivity index (χ2v) is 3.96. The van der Waals surface area contributed by atoms with Crippen LogP contribution in [0.25, 0.3) is 11.3 Å². The van der Waals surface area contributed by atoms with Crippen molar-refractivity contribution in [2.45, 2.75) is 20.4 Å². The summed E-state index contributed by atoms with van der Waals surface area (Å²) in [5, 5.41) is 0. The van der Waals surface area contributed by atoms with Gasteiger partial charge in [0.2, 0.25) is 5.89 Å². The molecule has 1 heterocycles. The van der Waals surface area contributed by atoms with Crippen LogP contribution in [-0.2, 0) is 6.54 Å². The Hall–Kier alpha value is -1.81.